The van der Waals surface area contributed by atoms with Crippen molar-refractivity contribution in [1.29, 1.82) is 0 Å². The summed E-state index contributed by atoms with van der Waals surface area (Å²) in [5.41, 5.74) is 0.777. The van der Waals surface area contributed by atoms with Gasteiger partial charge in [-0.15, -0.1) is 0 Å². The van der Waals surface area contributed by atoms with Crippen LogP contribution < -0.4 is 18.8 Å². The summed E-state index contributed by atoms with van der Waals surface area (Å²) >= 11 is 6.01. The fraction of sp³-hybridized carbons (Fsp3) is 0.231. The molecule has 2 atom stereocenters. The van der Waals surface area contributed by atoms with E-state index in [1.165, 1.54) is 38.6 Å². The van der Waals surface area contributed by atoms with Gasteiger partial charge in [-0.05, 0) is 52.7 Å². The molecular weight excluding hydrogens is 535 g/mol. The molecule has 38 heavy (non-hydrogen) atoms. The second kappa shape index (κ2) is 10.1. The minimum absolute atomic E-state index is 0.0225. The topological polar surface area (TPSA) is 113 Å². The third kappa shape index (κ3) is 5.03. The summed E-state index contributed by atoms with van der Waals surface area (Å²) in [5, 5.41) is 15.7. The highest BCUT2D eigenvalue weighted by Gasteiger charge is 2.37. The van der Waals surface area contributed by atoms with Crippen LogP contribution >= 0.6 is 11.6 Å². The maximum absolute atomic E-state index is 15.3. The van der Waals surface area contributed by atoms with Gasteiger partial charge < -0.3 is 19.3 Å². The Labute approximate surface area is 224 Å². The number of quaternary nitrogens is 1. The van der Waals surface area contributed by atoms with E-state index in [0.717, 1.165) is 10.8 Å². The first-order chi connectivity index (χ1) is 18.1. The summed E-state index contributed by atoms with van der Waals surface area (Å²) in [7, 11) is -1.07. The fourth-order valence-electron chi connectivity index (χ4n) is 4.68. The van der Waals surface area contributed by atoms with E-state index >= 15 is 4.39 Å². The zero-order chi connectivity index (χ0) is 27.1. The van der Waals surface area contributed by atoms with Crippen LogP contribution in [0.4, 0.5) is 10.1 Å². The number of hydrogen-bond donors (Lipinski definition) is 1. The van der Waals surface area contributed by atoms with Crippen molar-refractivity contribution in [2.45, 2.75) is 17.4 Å². The van der Waals surface area contributed by atoms with E-state index in [4.69, 9.17) is 21.1 Å². The number of nitrogens with zero attached hydrogens (tertiary/aromatic N) is 3. The van der Waals surface area contributed by atoms with Gasteiger partial charge in [0.2, 0.25) is 15.9 Å². The number of rotatable bonds is 7. The summed E-state index contributed by atoms with van der Waals surface area (Å²) in [6, 6.07) is 13.6. The summed E-state index contributed by atoms with van der Waals surface area (Å²) in [4.78, 5) is 8.22. The standard InChI is InChI=1S/C26H24ClFN4O5S/c1-36-25-22(14-29-26(30-25)37-2)18-5-8-24(23(28)13-18)32(33)10-9-20(15-32)31-38(34,35)21-7-4-16-11-19(27)6-3-17(16)12-21/h3-8,11-14,20,31H,9-10,15H2,1-2H3. The number of hydroxylamine groups is 2. The van der Waals surface area contributed by atoms with Gasteiger partial charge in [0.05, 0.1) is 43.8 Å². The molecule has 1 aliphatic heterocycles. The third-order valence-electron chi connectivity index (χ3n) is 6.57. The maximum atomic E-state index is 15.3. The van der Waals surface area contributed by atoms with Gasteiger partial charge in [0.1, 0.15) is 0 Å². The molecule has 0 radical (unpaired) electrons. The predicted octanol–water partition coefficient (Wildman–Crippen LogP) is 4.66. The fourth-order valence-corrected chi connectivity index (χ4v) is 6.15. The lowest BCUT2D eigenvalue weighted by Crippen LogP contribution is -2.45. The molecule has 9 nitrogen and oxygen atoms in total. The van der Waals surface area contributed by atoms with Gasteiger partial charge in [-0.1, -0.05) is 23.7 Å². The van der Waals surface area contributed by atoms with Gasteiger partial charge in [-0.25, -0.2) is 22.5 Å². The lowest BCUT2D eigenvalue weighted by molar-refractivity contribution is 0.353. The minimum atomic E-state index is -3.91. The second-order valence-corrected chi connectivity index (χ2v) is 11.2. The van der Waals surface area contributed by atoms with Crippen molar-refractivity contribution in [1.82, 2.24) is 19.3 Å². The number of sulfonamides is 1. The van der Waals surface area contributed by atoms with E-state index in [1.54, 1.807) is 36.4 Å². The van der Waals surface area contributed by atoms with Crippen LogP contribution in [0.1, 0.15) is 6.42 Å². The molecule has 0 amide bonds. The number of methoxy groups -OCH3 is 2. The number of aromatic nitrogens is 2. The Kier molecular flexibility index (Phi) is 6.97. The van der Waals surface area contributed by atoms with E-state index in [1.807, 2.05) is 0 Å². The first-order valence-corrected chi connectivity index (χ1v) is 13.5. The van der Waals surface area contributed by atoms with Gasteiger partial charge in [-0.3, -0.25) is 0 Å². The van der Waals surface area contributed by atoms with Crippen molar-refractivity contribution in [3.8, 4) is 23.0 Å². The summed E-state index contributed by atoms with van der Waals surface area (Å²) in [6.45, 7) is -0.123. The largest absolute Gasteiger partial charge is 0.627 e. The van der Waals surface area contributed by atoms with Gasteiger partial charge in [0.25, 0.3) is 0 Å². The number of benzene rings is 3. The molecule has 0 bridgehead atoms. The number of ether oxygens (including phenoxy) is 2. The smallest absolute Gasteiger partial charge is 0.319 e. The zero-order valence-corrected chi connectivity index (χ0v) is 22.1. The van der Waals surface area contributed by atoms with Crippen molar-refractivity contribution in [2.24, 2.45) is 0 Å². The molecule has 0 saturated carbocycles. The Balaban J connectivity index is 1.35. The van der Waals surface area contributed by atoms with Crippen molar-refractivity contribution in [3.63, 3.8) is 0 Å². The normalized spacial score (nSPS) is 19.6. The van der Waals surface area contributed by atoms with E-state index in [9.17, 15) is 13.6 Å². The highest BCUT2D eigenvalue weighted by atomic mass is 35.5. The third-order valence-corrected chi connectivity index (χ3v) is 8.32. The van der Waals surface area contributed by atoms with Crippen LogP contribution in [-0.2, 0) is 10.0 Å². The molecule has 198 valence electrons. The first-order valence-electron chi connectivity index (χ1n) is 11.7. The Morgan fingerprint density at radius 2 is 1.84 bits per heavy atom. The molecule has 2 heterocycles. The van der Waals surface area contributed by atoms with Crippen molar-refractivity contribution in [2.75, 3.05) is 27.3 Å². The average Bonchev–Trinajstić information content (AvgIpc) is 3.27. The van der Waals surface area contributed by atoms with Crippen LogP contribution in [0.15, 0.2) is 65.7 Å². The lowest BCUT2D eigenvalue weighted by Gasteiger charge is -2.38. The Bertz CT molecular complexity index is 1640. The van der Waals surface area contributed by atoms with Gasteiger partial charge in [-0.2, -0.15) is 4.98 Å². The van der Waals surface area contributed by atoms with E-state index in [-0.39, 0.29) is 42.0 Å². The predicted molar refractivity (Wildman–Crippen MR) is 143 cm³/mol. The van der Waals surface area contributed by atoms with Crippen LogP contribution in [0.3, 0.4) is 0 Å². The summed E-state index contributed by atoms with van der Waals surface area (Å²) < 4.78 is 53.3. The van der Waals surface area contributed by atoms with Crippen molar-refractivity contribution >= 4 is 38.1 Å². The van der Waals surface area contributed by atoms with Crippen LogP contribution in [0.2, 0.25) is 5.02 Å². The van der Waals surface area contributed by atoms with E-state index in [2.05, 4.69) is 14.7 Å². The summed E-state index contributed by atoms with van der Waals surface area (Å²) in [5.74, 6) is -0.519. The second-order valence-electron chi connectivity index (χ2n) is 9.00. The first kappa shape index (κ1) is 26.3. The number of hydrogen-bond acceptors (Lipinski definition) is 7. The van der Waals surface area contributed by atoms with Gasteiger partial charge in [0, 0.05) is 23.7 Å². The van der Waals surface area contributed by atoms with Crippen molar-refractivity contribution in [3.05, 3.63) is 76.8 Å². The molecule has 1 N–H and O–H groups in total. The molecule has 1 aliphatic rings. The lowest BCUT2D eigenvalue weighted by atomic mass is 10.1. The quantitative estimate of drug-likeness (QED) is 0.259. The summed E-state index contributed by atoms with van der Waals surface area (Å²) in [6.07, 6.45) is 1.70. The highest BCUT2D eigenvalue weighted by molar-refractivity contribution is 7.89. The molecule has 1 saturated heterocycles. The van der Waals surface area contributed by atoms with Crippen LogP contribution in [-0.4, -0.2) is 51.7 Å². The van der Waals surface area contributed by atoms with Gasteiger partial charge >= 0.3 is 6.01 Å². The number of nitrogens with one attached hydrogen (secondary N) is 1. The Hall–Kier alpha value is -3.35. The van der Waals surface area contributed by atoms with E-state index < -0.39 is 26.5 Å². The molecule has 0 spiro atoms. The van der Waals surface area contributed by atoms with Crippen LogP contribution in [0, 0.1) is 11.0 Å². The SMILES string of the molecule is COc1ncc(-c2ccc([N+]3([O-])CCC(NS(=O)(=O)c4ccc5cc(Cl)ccc5c4)C3)c(F)c2)c(OC)n1. The highest BCUT2D eigenvalue weighted by Crippen LogP contribution is 2.36. The average molecular weight is 559 g/mol. The monoisotopic (exact) mass is 558 g/mol. The van der Waals surface area contributed by atoms with Crippen molar-refractivity contribution < 1.29 is 22.3 Å². The zero-order valence-electron chi connectivity index (χ0n) is 20.5. The molecule has 5 rings (SSSR count). The Morgan fingerprint density at radius 3 is 2.58 bits per heavy atom. The van der Waals surface area contributed by atoms with Crippen LogP contribution in [0.25, 0.3) is 21.9 Å². The molecule has 1 aromatic heterocycles. The van der Waals surface area contributed by atoms with E-state index in [0.29, 0.717) is 16.1 Å². The number of halogens is 2. The molecule has 3 aromatic carbocycles. The molecule has 2 unspecified atom stereocenters. The molecule has 0 aliphatic carbocycles. The van der Waals surface area contributed by atoms with Gasteiger partial charge in [0.15, 0.2) is 11.5 Å². The molecule has 4 aromatic rings. The maximum Gasteiger partial charge on any atom is 0.319 e. The Morgan fingerprint density at radius 1 is 1.08 bits per heavy atom. The number of fused-ring (bicyclic) bond motifs is 1. The molecule has 1 fully saturated rings. The van der Waals surface area contributed by atoms with Crippen LogP contribution in [0.5, 0.6) is 11.9 Å². The molecular formula is C26H24ClFN4O5S. The molecule has 12 heteroatoms. The minimum Gasteiger partial charge on any atom is -0.627 e.